The van der Waals surface area contributed by atoms with Crippen LogP contribution in [0.25, 0.3) is 5.57 Å². The lowest BCUT2D eigenvalue weighted by molar-refractivity contribution is -0.131. The summed E-state index contributed by atoms with van der Waals surface area (Å²) in [6, 6.07) is 4.54. The summed E-state index contributed by atoms with van der Waals surface area (Å²) < 4.78 is 18.7. The quantitative estimate of drug-likeness (QED) is 0.742. The first-order chi connectivity index (χ1) is 7.68. The Labute approximate surface area is 92.2 Å². The van der Waals surface area contributed by atoms with E-state index in [-0.39, 0.29) is 5.75 Å². The van der Waals surface area contributed by atoms with Crippen LogP contribution in [-0.4, -0.2) is 17.7 Å². The molecule has 1 heterocycles. The minimum absolute atomic E-state index is 0.160. The second kappa shape index (κ2) is 4.35. The van der Waals surface area contributed by atoms with E-state index in [0.29, 0.717) is 30.6 Å². The van der Waals surface area contributed by atoms with Crippen molar-refractivity contribution in [2.75, 3.05) is 6.61 Å². The van der Waals surface area contributed by atoms with Gasteiger partial charge in [0.05, 0.1) is 6.61 Å². The number of carboxylic acids is 1. The van der Waals surface area contributed by atoms with Gasteiger partial charge in [0.25, 0.3) is 0 Å². The molecule has 0 saturated heterocycles. The monoisotopic (exact) mass is 222 g/mol. The molecule has 0 amide bonds. The maximum atomic E-state index is 13.5. The molecule has 4 heteroatoms. The number of carbonyl (C=O) groups is 1. The number of aliphatic carboxylic acids is 1. The van der Waals surface area contributed by atoms with Gasteiger partial charge >= 0.3 is 5.97 Å². The second-order valence-electron chi connectivity index (χ2n) is 3.58. The first-order valence-electron chi connectivity index (χ1n) is 5.03. The summed E-state index contributed by atoms with van der Waals surface area (Å²) in [7, 11) is 0. The Morgan fingerprint density at radius 2 is 2.31 bits per heavy atom. The van der Waals surface area contributed by atoms with Crippen LogP contribution in [0.2, 0.25) is 0 Å². The highest BCUT2D eigenvalue weighted by molar-refractivity contribution is 5.91. The lowest BCUT2D eigenvalue weighted by Gasteiger charge is -2.08. The minimum Gasteiger partial charge on any atom is -0.490 e. The predicted octanol–water partition coefficient (Wildman–Crippen LogP) is 2.47. The summed E-state index contributed by atoms with van der Waals surface area (Å²) in [5, 5.41) is 8.74. The predicted molar refractivity (Wildman–Crippen MR) is 56.7 cm³/mol. The van der Waals surface area contributed by atoms with Gasteiger partial charge in [-0.2, -0.15) is 0 Å². The molecule has 84 valence electrons. The van der Waals surface area contributed by atoms with Crippen LogP contribution in [0.3, 0.4) is 0 Å². The van der Waals surface area contributed by atoms with Crippen LogP contribution in [0.5, 0.6) is 5.75 Å². The van der Waals surface area contributed by atoms with E-state index in [1.54, 1.807) is 12.1 Å². The molecule has 0 unspecified atom stereocenters. The van der Waals surface area contributed by atoms with Crippen LogP contribution in [0.4, 0.5) is 4.39 Å². The molecule has 3 nitrogen and oxygen atoms in total. The van der Waals surface area contributed by atoms with E-state index in [1.807, 2.05) is 0 Å². The van der Waals surface area contributed by atoms with Crippen molar-refractivity contribution >= 4 is 11.5 Å². The summed E-state index contributed by atoms with van der Waals surface area (Å²) in [5.74, 6) is -1.31. The van der Waals surface area contributed by atoms with Crippen LogP contribution in [0.1, 0.15) is 18.4 Å². The molecular weight excluding hydrogens is 211 g/mol. The second-order valence-corrected chi connectivity index (χ2v) is 3.58. The third-order valence-electron chi connectivity index (χ3n) is 2.45. The normalized spacial score (nSPS) is 17.4. The van der Waals surface area contributed by atoms with Crippen molar-refractivity contribution in [3.63, 3.8) is 0 Å². The Morgan fingerprint density at radius 1 is 1.50 bits per heavy atom. The molecule has 16 heavy (non-hydrogen) atoms. The van der Waals surface area contributed by atoms with Gasteiger partial charge in [-0.15, -0.1) is 0 Å². The molecule has 0 bridgehead atoms. The Hall–Kier alpha value is -1.84. The zero-order valence-electron chi connectivity index (χ0n) is 8.57. The molecule has 0 aromatic heterocycles. The highest BCUT2D eigenvalue weighted by atomic mass is 19.1. The van der Waals surface area contributed by atoms with E-state index in [0.717, 1.165) is 6.08 Å². The van der Waals surface area contributed by atoms with Crippen LogP contribution in [0.15, 0.2) is 24.3 Å². The number of ether oxygens (including phenoxy) is 1. The van der Waals surface area contributed by atoms with Crippen LogP contribution < -0.4 is 4.74 Å². The maximum Gasteiger partial charge on any atom is 0.328 e. The summed E-state index contributed by atoms with van der Waals surface area (Å²) in [4.78, 5) is 10.7. The largest absolute Gasteiger partial charge is 0.490 e. The molecule has 1 N–H and O–H groups in total. The summed E-state index contributed by atoms with van der Waals surface area (Å²) in [5.41, 5.74) is 1.15. The van der Waals surface area contributed by atoms with Crippen molar-refractivity contribution in [2.24, 2.45) is 0 Å². The smallest absolute Gasteiger partial charge is 0.328 e. The lowest BCUT2D eigenvalue weighted by atomic mass is 10.0. The molecule has 0 fully saturated rings. The number of carboxylic acid groups (broad SMARTS) is 1. The van der Waals surface area contributed by atoms with Crippen molar-refractivity contribution in [3.05, 3.63) is 35.7 Å². The number of para-hydroxylation sites is 1. The SMILES string of the molecule is O=C(O)/C=C1\CCCOc2c(F)cccc21. The Balaban J connectivity index is 2.53. The molecule has 1 aromatic rings. The van der Waals surface area contributed by atoms with Crippen molar-refractivity contribution in [3.8, 4) is 5.75 Å². The van der Waals surface area contributed by atoms with Gasteiger partial charge in [-0.05, 0) is 24.5 Å². The van der Waals surface area contributed by atoms with Crippen LogP contribution >= 0.6 is 0 Å². The number of fused-ring (bicyclic) bond motifs is 1. The molecule has 0 saturated carbocycles. The van der Waals surface area contributed by atoms with E-state index < -0.39 is 11.8 Å². The molecule has 1 aromatic carbocycles. The number of hydrogen-bond donors (Lipinski definition) is 1. The molecule has 0 radical (unpaired) electrons. The number of allylic oxidation sites excluding steroid dienone is 1. The Bertz CT molecular complexity index is 452. The number of hydrogen-bond acceptors (Lipinski definition) is 2. The van der Waals surface area contributed by atoms with Gasteiger partial charge in [0.2, 0.25) is 0 Å². The third kappa shape index (κ3) is 2.05. The van der Waals surface area contributed by atoms with Crippen molar-refractivity contribution in [1.82, 2.24) is 0 Å². The summed E-state index contributed by atoms with van der Waals surface area (Å²) >= 11 is 0. The lowest BCUT2D eigenvalue weighted by Crippen LogP contribution is -1.97. The Morgan fingerprint density at radius 3 is 3.06 bits per heavy atom. The van der Waals surface area contributed by atoms with Gasteiger partial charge < -0.3 is 9.84 Å². The average molecular weight is 222 g/mol. The molecular formula is C12H11FO3. The average Bonchev–Trinajstić information content (AvgIpc) is 2.42. The fraction of sp³-hybridized carbons (Fsp3) is 0.250. The maximum absolute atomic E-state index is 13.5. The highest BCUT2D eigenvalue weighted by Crippen LogP contribution is 2.34. The minimum atomic E-state index is -1.02. The van der Waals surface area contributed by atoms with Gasteiger partial charge in [0.1, 0.15) is 0 Å². The van der Waals surface area contributed by atoms with Gasteiger partial charge in [0.15, 0.2) is 11.6 Å². The molecule has 0 atom stereocenters. The topological polar surface area (TPSA) is 46.5 Å². The zero-order chi connectivity index (χ0) is 11.5. The standard InChI is InChI=1S/C12H11FO3/c13-10-5-1-4-9-8(7-11(14)15)3-2-6-16-12(9)10/h1,4-5,7H,2-3,6H2,(H,14,15)/b8-7+. The fourth-order valence-corrected chi connectivity index (χ4v) is 1.78. The van der Waals surface area contributed by atoms with Crippen molar-refractivity contribution in [1.29, 1.82) is 0 Å². The Kier molecular flexibility index (Phi) is 2.90. The van der Waals surface area contributed by atoms with Crippen LogP contribution in [0, 0.1) is 5.82 Å². The van der Waals surface area contributed by atoms with Gasteiger partial charge in [-0.3, -0.25) is 0 Å². The zero-order valence-corrected chi connectivity index (χ0v) is 8.57. The number of rotatable bonds is 1. The van der Waals surface area contributed by atoms with E-state index in [4.69, 9.17) is 9.84 Å². The van der Waals surface area contributed by atoms with E-state index in [1.165, 1.54) is 6.07 Å². The highest BCUT2D eigenvalue weighted by Gasteiger charge is 2.17. The van der Waals surface area contributed by atoms with E-state index in [9.17, 15) is 9.18 Å². The molecule has 0 spiro atoms. The third-order valence-corrected chi connectivity index (χ3v) is 2.45. The van der Waals surface area contributed by atoms with Gasteiger partial charge in [-0.1, -0.05) is 12.1 Å². The molecule has 1 aliphatic rings. The van der Waals surface area contributed by atoms with Gasteiger partial charge in [-0.25, -0.2) is 9.18 Å². The molecule has 1 aliphatic heterocycles. The summed E-state index contributed by atoms with van der Waals surface area (Å²) in [6.07, 6.45) is 2.39. The number of benzene rings is 1. The van der Waals surface area contributed by atoms with E-state index in [2.05, 4.69) is 0 Å². The van der Waals surface area contributed by atoms with Crippen LogP contribution in [-0.2, 0) is 4.79 Å². The van der Waals surface area contributed by atoms with Crippen molar-refractivity contribution in [2.45, 2.75) is 12.8 Å². The fourth-order valence-electron chi connectivity index (χ4n) is 1.78. The van der Waals surface area contributed by atoms with Crippen molar-refractivity contribution < 1.29 is 19.0 Å². The molecule has 2 rings (SSSR count). The first kappa shape index (κ1) is 10.7. The summed E-state index contributed by atoms with van der Waals surface area (Å²) in [6.45, 7) is 0.408. The molecule has 0 aliphatic carbocycles. The van der Waals surface area contributed by atoms with Gasteiger partial charge in [0, 0.05) is 11.6 Å². The number of halogens is 1. The van der Waals surface area contributed by atoms with E-state index >= 15 is 0 Å². The first-order valence-corrected chi connectivity index (χ1v) is 5.03.